The molecule has 1 aliphatic heterocycles. The zero-order chi connectivity index (χ0) is 17.4. The van der Waals surface area contributed by atoms with Gasteiger partial charge in [-0.15, -0.1) is 0 Å². The number of aromatic nitrogens is 2. The van der Waals surface area contributed by atoms with E-state index >= 15 is 0 Å². The van der Waals surface area contributed by atoms with Crippen molar-refractivity contribution in [2.45, 2.75) is 4.90 Å². The van der Waals surface area contributed by atoms with Crippen molar-refractivity contribution in [3.63, 3.8) is 0 Å². The van der Waals surface area contributed by atoms with E-state index in [1.54, 1.807) is 30.6 Å². The van der Waals surface area contributed by atoms with Gasteiger partial charge in [0, 0.05) is 49.0 Å². The van der Waals surface area contributed by atoms with Gasteiger partial charge in [-0.05, 0) is 36.4 Å². The van der Waals surface area contributed by atoms with Crippen molar-refractivity contribution in [3.8, 4) is 0 Å². The zero-order valence-electron chi connectivity index (χ0n) is 13.4. The maximum absolute atomic E-state index is 13.0. The fourth-order valence-corrected chi connectivity index (χ4v) is 4.56. The Labute approximate surface area is 151 Å². The summed E-state index contributed by atoms with van der Waals surface area (Å²) in [6, 6.07) is 9.73. The number of nitrogens with zero attached hydrogens (tertiary/aromatic N) is 3. The molecule has 0 bridgehead atoms. The van der Waals surface area contributed by atoms with E-state index in [2.05, 4.69) is 15.2 Å². The number of fused-ring (bicyclic) bond motifs is 1. The van der Waals surface area contributed by atoms with Crippen LogP contribution >= 0.6 is 11.6 Å². The van der Waals surface area contributed by atoms with Gasteiger partial charge in [-0.25, -0.2) is 17.4 Å². The van der Waals surface area contributed by atoms with Gasteiger partial charge >= 0.3 is 0 Å². The molecule has 1 aromatic carbocycles. The summed E-state index contributed by atoms with van der Waals surface area (Å²) in [6.07, 6.45) is 3.25. The first-order chi connectivity index (χ1) is 12.1. The molecule has 0 radical (unpaired) electrons. The molecule has 0 atom stereocenters. The summed E-state index contributed by atoms with van der Waals surface area (Å²) >= 11 is 5.87. The molecule has 130 valence electrons. The molecule has 8 heteroatoms. The first-order valence-corrected chi connectivity index (χ1v) is 9.82. The molecule has 1 aliphatic rings. The number of halogens is 1. The Morgan fingerprint density at radius 3 is 2.48 bits per heavy atom. The van der Waals surface area contributed by atoms with Crippen LogP contribution in [-0.2, 0) is 10.0 Å². The Bertz CT molecular complexity index is 1010. The third kappa shape index (κ3) is 2.88. The van der Waals surface area contributed by atoms with Gasteiger partial charge in [-0.2, -0.15) is 0 Å². The summed E-state index contributed by atoms with van der Waals surface area (Å²) < 4.78 is 27.3. The predicted molar refractivity (Wildman–Crippen MR) is 98.9 cm³/mol. The van der Waals surface area contributed by atoms with Crippen LogP contribution < -0.4 is 10.2 Å². The van der Waals surface area contributed by atoms with Crippen molar-refractivity contribution in [2.24, 2.45) is 0 Å². The van der Waals surface area contributed by atoms with Crippen molar-refractivity contribution in [1.82, 2.24) is 14.3 Å². The van der Waals surface area contributed by atoms with Gasteiger partial charge in [0.15, 0.2) is 0 Å². The quantitative estimate of drug-likeness (QED) is 0.760. The van der Waals surface area contributed by atoms with E-state index in [4.69, 9.17) is 11.6 Å². The fourth-order valence-electron chi connectivity index (χ4n) is 3.09. The number of piperazine rings is 1. The molecule has 0 saturated carbocycles. The van der Waals surface area contributed by atoms with Gasteiger partial charge in [0.2, 0.25) is 0 Å². The largest absolute Gasteiger partial charge is 0.354 e. The van der Waals surface area contributed by atoms with Gasteiger partial charge in [-0.3, -0.25) is 0 Å². The van der Waals surface area contributed by atoms with Crippen LogP contribution in [0, 0.1) is 0 Å². The molecule has 1 N–H and O–H groups in total. The summed E-state index contributed by atoms with van der Waals surface area (Å²) in [4.78, 5) is 6.87. The molecule has 3 aromatic rings. The monoisotopic (exact) mass is 376 g/mol. The number of anilines is 1. The maximum Gasteiger partial charge on any atom is 0.268 e. The molecular formula is C17H17ClN4O2S. The summed E-state index contributed by atoms with van der Waals surface area (Å²) in [5, 5.41) is 4.64. The molecule has 1 saturated heterocycles. The highest BCUT2D eigenvalue weighted by atomic mass is 35.5. The standard InChI is InChI=1S/C17H17ClN4O2S/c18-13-1-3-14(4-2-13)25(23,24)22-10-6-15-16(22)5-7-20-17(15)21-11-8-19-9-12-21/h1-7,10,19H,8-9,11-12H2. The third-order valence-corrected chi connectivity index (χ3v) is 6.30. The van der Waals surface area contributed by atoms with Gasteiger partial charge in [0.1, 0.15) is 5.82 Å². The third-order valence-electron chi connectivity index (χ3n) is 4.35. The first kappa shape index (κ1) is 16.4. The molecule has 1 fully saturated rings. The lowest BCUT2D eigenvalue weighted by atomic mass is 10.2. The highest BCUT2D eigenvalue weighted by molar-refractivity contribution is 7.90. The predicted octanol–water partition coefficient (Wildman–Crippen LogP) is 2.34. The van der Waals surface area contributed by atoms with Crippen molar-refractivity contribution in [2.75, 3.05) is 31.1 Å². The summed E-state index contributed by atoms with van der Waals surface area (Å²) in [5.41, 5.74) is 0.624. The van der Waals surface area contributed by atoms with Crippen LogP contribution in [-0.4, -0.2) is 43.6 Å². The minimum Gasteiger partial charge on any atom is -0.354 e. The molecular weight excluding hydrogens is 360 g/mol. The lowest BCUT2D eigenvalue weighted by Crippen LogP contribution is -2.43. The zero-order valence-corrected chi connectivity index (χ0v) is 15.0. The SMILES string of the molecule is O=S(=O)(c1ccc(Cl)cc1)n1ccc2c(N3CCNCC3)nccc21. The Morgan fingerprint density at radius 2 is 1.76 bits per heavy atom. The van der Waals surface area contributed by atoms with Crippen LogP contribution in [0.15, 0.2) is 53.7 Å². The Kier molecular flexibility index (Phi) is 4.15. The van der Waals surface area contributed by atoms with Crippen molar-refractivity contribution >= 4 is 38.3 Å². The smallest absolute Gasteiger partial charge is 0.268 e. The average Bonchev–Trinajstić information content (AvgIpc) is 3.08. The van der Waals surface area contributed by atoms with Gasteiger partial charge in [0.25, 0.3) is 10.0 Å². The average molecular weight is 377 g/mol. The van der Waals surface area contributed by atoms with E-state index in [0.29, 0.717) is 10.5 Å². The molecule has 0 spiro atoms. The van der Waals surface area contributed by atoms with Gasteiger partial charge in [0.05, 0.1) is 10.4 Å². The molecule has 6 nitrogen and oxygen atoms in total. The first-order valence-electron chi connectivity index (χ1n) is 8.00. The van der Waals surface area contributed by atoms with E-state index in [-0.39, 0.29) is 4.90 Å². The van der Waals surface area contributed by atoms with Crippen molar-refractivity contribution in [1.29, 1.82) is 0 Å². The minimum absolute atomic E-state index is 0.204. The topological polar surface area (TPSA) is 67.2 Å². The van der Waals surface area contributed by atoms with Crippen molar-refractivity contribution in [3.05, 3.63) is 53.8 Å². The number of pyridine rings is 1. The lowest BCUT2D eigenvalue weighted by Gasteiger charge is -2.28. The summed E-state index contributed by atoms with van der Waals surface area (Å²) in [6.45, 7) is 3.48. The molecule has 0 unspecified atom stereocenters. The van der Waals surface area contributed by atoms with Crippen LogP contribution in [0.1, 0.15) is 0 Å². The Morgan fingerprint density at radius 1 is 1.04 bits per heavy atom. The normalized spacial score (nSPS) is 15.6. The highest BCUT2D eigenvalue weighted by Gasteiger charge is 2.22. The fraction of sp³-hybridized carbons (Fsp3) is 0.235. The minimum atomic E-state index is -3.69. The maximum atomic E-state index is 13.0. The molecule has 25 heavy (non-hydrogen) atoms. The van der Waals surface area contributed by atoms with Crippen LogP contribution in [0.3, 0.4) is 0 Å². The van der Waals surface area contributed by atoms with Crippen LogP contribution in [0.5, 0.6) is 0 Å². The Balaban J connectivity index is 1.82. The van der Waals surface area contributed by atoms with Crippen LogP contribution in [0.25, 0.3) is 10.9 Å². The second-order valence-electron chi connectivity index (χ2n) is 5.87. The summed E-state index contributed by atoms with van der Waals surface area (Å²) in [5.74, 6) is 0.823. The van der Waals surface area contributed by atoms with Gasteiger partial charge in [-0.1, -0.05) is 11.6 Å². The van der Waals surface area contributed by atoms with E-state index < -0.39 is 10.0 Å². The van der Waals surface area contributed by atoms with E-state index in [1.165, 1.54) is 16.1 Å². The molecule has 4 rings (SSSR count). The number of hydrogen-bond donors (Lipinski definition) is 1. The number of rotatable bonds is 3. The van der Waals surface area contributed by atoms with Gasteiger partial charge < -0.3 is 10.2 Å². The highest BCUT2D eigenvalue weighted by Crippen LogP contribution is 2.28. The van der Waals surface area contributed by atoms with E-state index in [0.717, 1.165) is 37.4 Å². The second kappa shape index (κ2) is 6.33. The van der Waals surface area contributed by atoms with E-state index in [1.807, 2.05) is 6.07 Å². The molecule has 3 heterocycles. The number of nitrogens with one attached hydrogen (secondary N) is 1. The molecule has 2 aromatic heterocycles. The van der Waals surface area contributed by atoms with Crippen LogP contribution in [0.4, 0.5) is 5.82 Å². The Hall–Kier alpha value is -2.09. The van der Waals surface area contributed by atoms with Crippen LogP contribution in [0.2, 0.25) is 5.02 Å². The number of benzene rings is 1. The second-order valence-corrected chi connectivity index (χ2v) is 8.13. The number of hydrogen-bond acceptors (Lipinski definition) is 5. The molecule has 0 amide bonds. The summed E-state index contributed by atoms with van der Waals surface area (Å²) in [7, 11) is -3.69. The lowest BCUT2D eigenvalue weighted by molar-refractivity contribution is 0.586. The van der Waals surface area contributed by atoms with E-state index in [9.17, 15) is 8.42 Å². The van der Waals surface area contributed by atoms with Crippen molar-refractivity contribution < 1.29 is 8.42 Å². The molecule has 0 aliphatic carbocycles.